The second-order valence-corrected chi connectivity index (χ2v) is 6.47. The lowest BCUT2D eigenvalue weighted by Gasteiger charge is -2.32. The number of ether oxygens (including phenoxy) is 2. The molecule has 0 amide bonds. The first-order valence-corrected chi connectivity index (χ1v) is 8.14. The first kappa shape index (κ1) is 15.8. The van der Waals surface area contributed by atoms with E-state index in [0.29, 0.717) is 31.3 Å². The van der Waals surface area contributed by atoms with Gasteiger partial charge in [0.2, 0.25) is 0 Å². The number of nitrogens with one attached hydrogen (secondary N) is 1. The molecule has 0 aliphatic heterocycles. The van der Waals surface area contributed by atoms with Gasteiger partial charge in [-0.1, -0.05) is 13.8 Å². The van der Waals surface area contributed by atoms with E-state index in [0.717, 1.165) is 31.6 Å². The van der Waals surface area contributed by atoms with Crippen molar-refractivity contribution >= 4 is 5.97 Å². The summed E-state index contributed by atoms with van der Waals surface area (Å²) < 4.78 is 11.1. The van der Waals surface area contributed by atoms with Gasteiger partial charge in [-0.15, -0.1) is 0 Å². The third-order valence-corrected chi connectivity index (χ3v) is 4.63. The van der Waals surface area contributed by atoms with Crippen LogP contribution in [0.1, 0.15) is 52.9 Å². The Bertz CT molecular complexity index is 317. The molecule has 0 spiro atoms. The minimum absolute atomic E-state index is 0.170. The summed E-state index contributed by atoms with van der Waals surface area (Å²) in [6.45, 7) is 7.33. The van der Waals surface area contributed by atoms with Crippen molar-refractivity contribution in [3.05, 3.63) is 0 Å². The van der Waals surface area contributed by atoms with E-state index in [2.05, 4.69) is 19.2 Å². The van der Waals surface area contributed by atoms with Gasteiger partial charge in [-0.2, -0.15) is 0 Å². The van der Waals surface area contributed by atoms with Gasteiger partial charge in [0.05, 0.1) is 19.3 Å². The second kappa shape index (κ2) is 7.41. The van der Waals surface area contributed by atoms with E-state index in [1.165, 1.54) is 6.42 Å². The Hall–Kier alpha value is -0.610. The Morgan fingerprint density at radius 3 is 2.55 bits per heavy atom. The molecule has 0 aromatic rings. The third-order valence-electron chi connectivity index (χ3n) is 4.63. The molecule has 4 heteroatoms. The molecule has 2 aliphatic carbocycles. The van der Waals surface area contributed by atoms with Crippen molar-refractivity contribution in [2.45, 2.75) is 71.1 Å². The molecule has 2 fully saturated rings. The highest BCUT2D eigenvalue weighted by Crippen LogP contribution is 2.31. The summed E-state index contributed by atoms with van der Waals surface area (Å²) in [5.74, 6) is 1.34. The zero-order valence-electron chi connectivity index (χ0n) is 13.1. The smallest absolute Gasteiger partial charge is 0.325 e. The maximum Gasteiger partial charge on any atom is 0.325 e. The molecule has 116 valence electrons. The van der Waals surface area contributed by atoms with E-state index in [1.54, 1.807) is 0 Å². The highest BCUT2D eigenvalue weighted by molar-refractivity contribution is 5.76. The van der Waals surface area contributed by atoms with Crippen molar-refractivity contribution in [2.24, 2.45) is 11.8 Å². The molecule has 2 saturated carbocycles. The van der Waals surface area contributed by atoms with Gasteiger partial charge in [0, 0.05) is 6.04 Å². The van der Waals surface area contributed by atoms with Crippen LogP contribution in [0.15, 0.2) is 0 Å². The lowest BCUT2D eigenvalue weighted by Crippen LogP contribution is -2.44. The summed E-state index contributed by atoms with van der Waals surface area (Å²) in [5.41, 5.74) is 0. The summed E-state index contributed by atoms with van der Waals surface area (Å²) in [6, 6.07) is 0.190. The van der Waals surface area contributed by atoms with Crippen LogP contribution in [0.25, 0.3) is 0 Å². The maximum absolute atomic E-state index is 11.9. The van der Waals surface area contributed by atoms with Gasteiger partial charge in [-0.05, 0) is 50.9 Å². The zero-order chi connectivity index (χ0) is 14.5. The molecule has 0 saturated heterocycles. The summed E-state index contributed by atoms with van der Waals surface area (Å²) in [5, 5.41) is 3.34. The Morgan fingerprint density at radius 1 is 1.20 bits per heavy atom. The normalized spacial score (nSPS) is 31.9. The van der Waals surface area contributed by atoms with Crippen LogP contribution in [0, 0.1) is 11.8 Å². The number of esters is 1. The summed E-state index contributed by atoms with van der Waals surface area (Å²) in [7, 11) is 0. The largest absolute Gasteiger partial charge is 0.465 e. The van der Waals surface area contributed by atoms with Crippen molar-refractivity contribution in [3.63, 3.8) is 0 Å². The first-order chi connectivity index (χ1) is 9.60. The third kappa shape index (κ3) is 4.74. The molecule has 2 aliphatic rings. The molecule has 0 bridgehead atoms. The molecule has 4 nitrogen and oxygen atoms in total. The SMILES string of the molecule is CCOC(=O)C(COC1CCC(C)C(C)C1)NC1CC1. The minimum atomic E-state index is -0.294. The van der Waals surface area contributed by atoms with Crippen molar-refractivity contribution in [1.82, 2.24) is 5.32 Å². The Balaban J connectivity index is 1.77. The van der Waals surface area contributed by atoms with E-state index in [-0.39, 0.29) is 12.0 Å². The number of carbonyl (C=O) groups is 1. The topological polar surface area (TPSA) is 47.6 Å². The van der Waals surface area contributed by atoms with Gasteiger partial charge in [-0.3, -0.25) is 10.1 Å². The Labute approximate surface area is 122 Å². The van der Waals surface area contributed by atoms with Crippen molar-refractivity contribution in [2.75, 3.05) is 13.2 Å². The van der Waals surface area contributed by atoms with Crippen molar-refractivity contribution in [3.8, 4) is 0 Å². The van der Waals surface area contributed by atoms with Gasteiger partial charge in [0.25, 0.3) is 0 Å². The number of hydrogen-bond donors (Lipinski definition) is 1. The van der Waals surface area contributed by atoms with E-state index < -0.39 is 0 Å². The number of carbonyl (C=O) groups excluding carboxylic acids is 1. The molecule has 20 heavy (non-hydrogen) atoms. The van der Waals surface area contributed by atoms with Crippen LogP contribution in [0.4, 0.5) is 0 Å². The molecule has 4 unspecified atom stereocenters. The van der Waals surface area contributed by atoms with Crippen LogP contribution < -0.4 is 5.32 Å². The molecular weight excluding hydrogens is 254 g/mol. The first-order valence-electron chi connectivity index (χ1n) is 8.14. The van der Waals surface area contributed by atoms with Gasteiger partial charge >= 0.3 is 5.97 Å². The second-order valence-electron chi connectivity index (χ2n) is 6.47. The maximum atomic E-state index is 11.9. The van der Waals surface area contributed by atoms with E-state index in [4.69, 9.17) is 9.47 Å². The highest BCUT2D eigenvalue weighted by atomic mass is 16.5. The molecule has 0 aromatic carbocycles. The van der Waals surface area contributed by atoms with Crippen molar-refractivity contribution < 1.29 is 14.3 Å². The summed E-state index contributed by atoms with van der Waals surface area (Å²) in [4.78, 5) is 11.9. The molecule has 4 atom stereocenters. The Kier molecular flexibility index (Phi) is 5.85. The van der Waals surface area contributed by atoms with Gasteiger partial charge in [0.1, 0.15) is 6.04 Å². The predicted octanol–water partition coefficient (Wildman–Crippen LogP) is 2.51. The molecule has 0 heterocycles. The predicted molar refractivity (Wildman–Crippen MR) is 78.5 cm³/mol. The van der Waals surface area contributed by atoms with E-state index >= 15 is 0 Å². The highest BCUT2D eigenvalue weighted by Gasteiger charge is 2.31. The monoisotopic (exact) mass is 283 g/mol. The van der Waals surface area contributed by atoms with Crippen LogP contribution in [0.5, 0.6) is 0 Å². The van der Waals surface area contributed by atoms with Crippen LogP contribution in [0.2, 0.25) is 0 Å². The molecule has 1 N–H and O–H groups in total. The lowest BCUT2D eigenvalue weighted by molar-refractivity contribution is -0.148. The lowest BCUT2D eigenvalue weighted by atomic mass is 9.80. The summed E-state index contributed by atoms with van der Waals surface area (Å²) in [6.07, 6.45) is 6.08. The van der Waals surface area contributed by atoms with Crippen LogP contribution >= 0.6 is 0 Å². The van der Waals surface area contributed by atoms with Crippen LogP contribution in [0.3, 0.4) is 0 Å². The van der Waals surface area contributed by atoms with Gasteiger partial charge in [0.15, 0.2) is 0 Å². The average Bonchev–Trinajstić information content (AvgIpc) is 3.22. The van der Waals surface area contributed by atoms with Crippen LogP contribution in [-0.2, 0) is 14.3 Å². The zero-order valence-corrected chi connectivity index (χ0v) is 13.1. The average molecular weight is 283 g/mol. The Morgan fingerprint density at radius 2 is 1.95 bits per heavy atom. The van der Waals surface area contributed by atoms with Crippen LogP contribution in [-0.4, -0.2) is 37.4 Å². The molecular formula is C16H29NO3. The standard InChI is InChI=1S/C16H29NO3/c1-4-19-16(18)15(17-13-6-7-13)10-20-14-8-5-11(2)12(3)9-14/h11-15,17H,4-10H2,1-3H3. The number of hydrogen-bond acceptors (Lipinski definition) is 4. The van der Waals surface area contributed by atoms with Crippen molar-refractivity contribution in [1.29, 1.82) is 0 Å². The minimum Gasteiger partial charge on any atom is -0.465 e. The number of rotatable bonds is 7. The van der Waals surface area contributed by atoms with E-state index in [9.17, 15) is 4.79 Å². The van der Waals surface area contributed by atoms with E-state index in [1.807, 2.05) is 6.92 Å². The molecule has 0 radical (unpaired) electrons. The molecule has 0 aromatic heterocycles. The van der Waals surface area contributed by atoms with Gasteiger partial charge in [-0.25, -0.2) is 0 Å². The fourth-order valence-corrected chi connectivity index (χ4v) is 2.84. The fraction of sp³-hybridized carbons (Fsp3) is 0.938. The molecule has 2 rings (SSSR count). The fourth-order valence-electron chi connectivity index (χ4n) is 2.84. The van der Waals surface area contributed by atoms with Gasteiger partial charge < -0.3 is 9.47 Å². The summed E-state index contributed by atoms with van der Waals surface area (Å²) >= 11 is 0. The quantitative estimate of drug-likeness (QED) is 0.729.